The van der Waals surface area contributed by atoms with Crippen LogP contribution in [0.4, 0.5) is 10.1 Å². The summed E-state index contributed by atoms with van der Waals surface area (Å²) in [7, 11) is 1.62. The molecule has 1 aromatic rings. The molecule has 1 aromatic carbocycles. The monoisotopic (exact) mass is 421 g/mol. The number of likely N-dealkylation sites (N-methyl/N-ethyl adjacent to an activating group) is 1. The van der Waals surface area contributed by atoms with Crippen LogP contribution in [0.3, 0.4) is 0 Å². The fourth-order valence-corrected chi connectivity index (χ4v) is 3.15. The summed E-state index contributed by atoms with van der Waals surface area (Å²) in [6.45, 7) is 8.77. The second-order valence-electron chi connectivity index (χ2n) is 8.66. The van der Waals surface area contributed by atoms with Crippen LogP contribution in [0.25, 0.3) is 0 Å². The van der Waals surface area contributed by atoms with Gasteiger partial charge < -0.3 is 15.5 Å². The third-order valence-corrected chi connectivity index (χ3v) is 4.62. The van der Waals surface area contributed by atoms with E-state index in [2.05, 4.69) is 10.6 Å². The van der Waals surface area contributed by atoms with Crippen molar-refractivity contribution in [1.82, 2.24) is 20.0 Å². The normalized spacial score (nSPS) is 15.5. The number of piperazine rings is 1. The van der Waals surface area contributed by atoms with E-state index in [0.29, 0.717) is 31.9 Å². The Morgan fingerprint density at radius 2 is 1.63 bits per heavy atom. The van der Waals surface area contributed by atoms with E-state index in [1.165, 1.54) is 17.0 Å². The van der Waals surface area contributed by atoms with E-state index < -0.39 is 5.82 Å². The molecule has 1 aliphatic rings. The fourth-order valence-electron chi connectivity index (χ4n) is 3.15. The first-order valence-electron chi connectivity index (χ1n) is 10.1. The van der Waals surface area contributed by atoms with Crippen molar-refractivity contribution in [3.05, 3.63) is 30.1 Å². The summed E-state index contributed by atoms with van der Waals surface area (Å²) in [5.41, 5.74) is 0.0981. The predicted octanol–water partition coefficient (Wildman–Crippen LogP) is 0.755. The lowest BCUT2D eigenvalue weighted by Crippen LogP contribution is -2.52. The molecule has 0 aliphatic carbocycles. The molecule has 8 nitrogen and oxygen atoms in total. The zero-order valence-corrected chi connectivity index (χ0v) is 18.2. The quantitative estimate of drug-likeness (QED) is 0.679. The molecule has 3 amide bonds. The third kappa shape index (κ3) is 8.46. The van der Waals surface area contributed by atoms with E-state index in [1.54, 1.807) is 19.2 Å². The molecule has 0 unspecified atom stereocenters. The second kappa shape index (κ2) is 10.5. The maximum absolute atomic E-state index is 13.2. The van der Waals surface area contributed by atoms with Crippen LogP contribution in [0, 0.1) is 5.82 Å². The first kappa shape index (κ1) is 23.8. The summed E-state index contributed by atoms with van der Waals surface area (Å²) in [6.07, 6.45) is 0. The molecule has 0 atom stereocenters. The summed E-state index contributed by atoms with van der Waals surface area (Å²) in [5, 5.41) is 5.53. The largest absolute Gasteiger partial charge is 0.350 e. The molecule has 9 heteroatoms. The maximum atomic E-state index is 13.2. The maximum Gasteiger partial charge on any atom is 0.240 e. The van der Waals surface area contributed by atoms with E-state index in [4.69, 9.17) is 0 Å². The minimum absolute atomic E-state index is 0.0241. The predicted molar refractivity (Wildman–Crippen MR) is 113 cm³/mol. The molecule has 30 heavy (non-hydrogen) atoms. The minimum atomic E-state index is -0.396. The van der Waals surface area contributed by atoms with Crippen molar-refractivity contribution in [2.24, 2.45) is 0 Å². The number of nitrogens with one attached hydrogen (secondary N) is 2. The Bertz CT molecular complexity index is 757. The Labute approximate surface area is 177 Å². The molecule has 0 spiro atoms. The Hall–Kier alpha value is -2.52. The van der Waals surface area contributed by atoms with Crippen molar-refractivity contribution in [1.29, 1.82) is 0 Å². The number of halogens is 1. The van der Waals surface area contributed by atoms with Crippen LogP contribution in [-0.2, 0) is 14.4 Å². The molecule has 2 rings (SSSR count). The van der Waals surface area contributed by atoms with Crippen molar-refractivity contribution in [3.8, 4) is 0 Å². The highest BCUT2D eigenvalue weighted by molar-refractivity contribution is 5.92. The molecule has 1 saturated heterocycles. The first-order valence-corrected chi connectivity index (χ1v) is 10.1. The van der Waals surface area contributed by atoms with Gasteiger partial charge in [0.25, 0.3) is 0 Å². The molecule has 0 saturated carbocycles. The van der Waals surface area contributed by atoms with Gasteiger partial charge in [-0.1, -0.05) is 6.07 Å². The average Bonchev–Trinajstić information content (AvgIpc) is 2.61. The number of hydrogen-bond acceptors (Lipinski definition) is 5. The van der Waals surface area contributed by atoms with Gasteiger partial charge in [-0.3, -0.25) is 24.2 Å². The number of carbonyl (C=O) groups is 3. The fraction of sp³-hybridized carbons (Fsp3) is 0.571. The Morgan fingerprint density at radius 1 is 1.03 bits per heavy atom. The van der Waals surface area contributed by atoms with E-state index in [1.807, 2.05) is 30.6 Å². The summed E-state index contributed by atoms with van der Waals surface area (Å²) in [6, 6.07) is 5.79. The zero-order chi connectivity index (χ0) is 22.3. The standard InChI is InChI=1S/C21H32FN5O3/c1-21(2,3)24-19(29)13-25(4)20(30)15-27-10-8-26(9-11-27)14-18(28)23-17-7-5-6-16(22)12-17/h5-7,12H,8-11,13-15H2,1-4H3,(H,23,28)(H,24,29). The van der Waals surface area contributed by atoms with Gasteiger partial charge in [0.1, 0.15) is 5.82 Å². The summed E-state index contributed by atoms with van der Waals surface area (Å²) in [5.74, 6) is -0.898. The van der Waals surface area contributed by atoms with E-state index in [-0.39, 0.29) is 42.9 Å². The van der Waals surface area contributed by atoms with Gasteiger partial charge in [0.15, 0.2) is 0 Å². The van der Waals surface area contributed by atoms with Gasteiger partial charge in [-0.25, -0.2) is 4.39 Å². The van der Waals surface area contributed by atoms with Gasteiger partial charge in [-0.05, 0) is 39.0 Å². The highest BCUT2D eigenvalue weighted by atomic mass is 19.1. The number of nitrogens with zero attached hydrogens (tertiary/aromatic N) is 3. The van der Waals surface area contributed by atoms with Crippen LogP contribution >= 0.6 is 0 Å². The summed E-state index contributed by atoms with van der Waals surface area (Å²) < 4.78 is 13.2. The Kier molecular flexibility index (Phi) is 8.31. The van der Waals surface area contributed by atoms with Crippen LogP contribution in [-0.4, -0.2) is 90.8 Å². The number of anilines is 1. The molecular formula is C21H32FN5O3. The average molecular weight is 422 g/mol. The van der Waals surface area contributed by atoms with Gasteiger partial charge in [0.05, 0.1) is 19.6 Å². The topological polar surface area (TPSA) is 85.0 Å². The van der Waals surface area contributed by atoms with Gasteiger partial charge in [0, 0.05) is 44.5 Å². The number of amides is 3. The van der Waals surface area contributed by atoms with Crippen molar-refractivity contribution in [3.63, 3.8) is 0 Å². The zero-order valence-electron chi connectivity index (χ0n) is 18.2. The van der Waals surface area contributed by atoms with Gasteiger partial charge in [-0.15, -0.1) is 0 Å². The number of hydrogen-bond donors (Lipinski definition) is 2. The van der Waals surface area contributed by atoms with Crippen LogP contribution < -0.4 is 10.6 Å². The molecule has 2 N–H and O–H groups in total. The molecule has 1 heterocycles. The molecule has 1 fully saturated rings. The summed E-state index contributed by atoms with van der Waals surface area (Å²) in [4.78, 5) is 42.0. The molecule has 0 aromatic heterocycles. The van der Waals surface area contributed by atoms with Crippen LogP contribution in [0.15, 0.2) is 24.3 Å². The van der Waals surface area contributed by atoms with Gasteiger partial charge in [0.2, 0.25) is 17.7 Å². The summed E-state index contributed by atoms with van der Waals surface area (Å²) >= 11 is 0. The van der Waals surface area contributed by atoms with Crippen LogP contribution in [0.1, 0.15) is 20.8 Å². The number of benzene rings is 1. The SMILES string of the molecule is CN(CC(=O)NC(C)(C)C)C(=O)CN1CCN(CC(=O)Nc2cccc(F)c2)CC1. The van der Waals surface area contributed by atoms with E-state index in [0.717, 1.165) is 0 Å². The molecule has 1 aliphatic heterocycles. The van der Waals surface area contributed by atoms with Crippen molar-refractivity contribution in [2.45, 2.75) is 26.3 Å². The highest BCUT2D eigenvalue weighted by Crippen LogP contribution is 2.09. The minimum Gasteiger partial charge on any atom is -0.350 e. The number of rotatable bonds is 7. The van der Waals surface area contributed by atoms with Crippen LogP contribution in [0.5, 0.6) is 0 Å². The van der Waals surface area contributed by atoms with Crippen molar-refractivity contribution < 1.29 is 18.8 Å². The van der Waals surface area contributed by atoms with E-state index in [9.17, 15) is 18.8 Å². The molecule has 166 valence electrons. The molecule has 0 bridgehead atoms. The first-order chi connectivity index (χ1) is 14.0. The molecule has 0 radical (unpaired) electrons. The lowest BCUT2D eigenvalue weighted by molar-refractivity contribution is -0.136. The Balaban J connectivity index is 1.70. The lowest BCUT2D eigenvalue weighted by Gasteiger charge is -2.34. The van der Waals surface area contributed by atoms with E-state index >= 15 is 0 Å². The second-order valence-corrected chi connectivity index (χ2v) is 8.66. The Morgan fingerprint density at radius 3 is 2.20 bits per heavy atom. The van der Waals surface area contributed by atoms with Crippen molar-refractivity contribution in [2.75, 3.05) is 58.2 Å². The smallest absolute Gasteiger partial charge is 0.240 e. The van der Waals surface area contributed by atoms with Crippen LogP contribution in [0.2, 0.25) is 0 Å². The van der Waals surface area contributed by atoms with Crippen molar-refractivity contribution >= 4 is 23.4 Å². The molecular weight excluding hydrogens is 389 g/mol. The highest BCUT2D eigenvalue weighted by Gasteiger charge is 2.23. The van der Waals surface area contributed by atoms with Gasteiger partial charge >= 0.3 is 0 Å². The third-order valence-electron chi connectivity index (χ3n) is 4.62. The van der Waals surface area contributed by atoms with Gasteiger partial charge in [-0.2, -0.15) is 0 Å². The number of carbonyl (C=O) groups excluding carboxylic acids is 3. The lowest BCUT2D eigenvalue weighted by atomic mass is 10.1.